The molecule has 0 amide bonds. The first kappa shape index (κ1) is 19.0. The van der Waals surface area contributed by atoms with Crippen LogP contribution >= 0.6 is 0 Å². The molecule has 0 spiro atoms. The molecule has 0 aliphatic heterocycles. The van der Waals surface area contributed by atoms with Crippen LogP contribution < -0.4 is 10.1 Å². The Morgan fingerprint density at radius 1 is 1.25 bits per heavy atom. The van der Waals surface area contributed by atoms with Gasteiger partial charge in [0, 0.05) is 50.1 Å². The number of aromatic nitrogens is 4. The third-order valence-corrected chi connectivity index (χ3v) is 5.15. The van der Waals surface area contributed by atoms with E-state index in [1.165, 1.54) is 23.0 Å². The number of rotatable bonds is 5. The largest absolute Gasteiger partial charge is 0.474 e. The lowest BCUT2D eigenvalue weighted by Gasteiger charge is -2.40. The van der Waals surface area contributed by atoms with Gasteiger partial charge in [0.25, 0.3) is 0 Å². The monoisotopic (exact) mass is 397 g/mol. The lowest BCUT2D eigenvalue weighted by atomic mass is 9.79. The summed E-state index contributed by atoms with van der Waals surface area (Å²) >= 11 is 0. The van der Waals surface area contributed by atoms with Crippen LogP contribution in [0.5, 0.6) is 5.88 Å². The molecule has 2 N–H and O–H groups in total. The summed E-state index contributed by atoms with van der Waals surface area (Å²) in [6.07, 6.45) is 2.42. The average Bonchev–Trinajstić information content (AvgIpc) is 3.02. The number of halogens is 3. The molecule has 10 heteroatoms. The van der Waals surface area contributed by atoms with Crippen molar-refractivity contribution in [3.63, 3.8) is 0 Å². The maximum atomic E-state index is 13.4. The van der Waals surface area contributed by atoms with E-state index in [4.69, 9.17) is 4.74 Å². The second-order valence-electron chi connectivity index (χ2n) is 7.89. The topological polar surface area (TPSA) is 85.1 Å². The van der Waals surface area contributed by atoms with E-state index < -0.39 is 17.5 Å². The second kappa shape index (κ2) is 6.91. The molecule has 2 saturated carbocycles. The fraction of sp³-hybridized carbons (Fsp3) is 0.611. The second-order valence-corrected chi connectivity index (χ2v) is 7.89. The third kappa shape index (κ3) is 4.37. The van der Waals surface area contributed by atoms with Gasteiger partial charge in [-0.1, -0.05) is 0 Å². The van der Waals surface area contributed by atoms with Crippen molar-refractivity contribution < 1.29 is 23.0 Å². The molecule has 0 unspecified atom stereocenters. The molecule has 0 radical (unpaired) electrons. The van der Waals surface area contributed by atoms with Gasteiger partial charge in [0.15, 0.2) is 5.82 Å². The molecular weight excluding hydrogens is 375 g/mol. The number of anilines is 1. The first-order valence-corrected chi connectivity index (χ1v) is 9.32. The molecule has 28 heavy (non-hydrogen) atoms. The Kier molecular flexibility index (Phi) is 4.68. The summed E-state index contributed by atoms with van der Waals surface area (Å²) in [5, 5.41) is 16.7. The van der Waals surface area contributed by atoms with Gasteiger partial charge >= 0.3 is 0 Å². The van der Waals surface area contributed by atoms with Crippen molar-refractivity contribution in [1.29, 1.82) is 0 Å². The first-order chi connectivity index (χ1) is 13.2. The summed E-state index contributed by atoms with van der Waals surface area (Å²) < 4.78 is 47.1. The molecule has 2 aliphatic carbocycles. The SMILES string of the molecule is CC1(O)CC(Oc2cc(-n3ccc(F)n3)nc(NC3CCC(F)(F)CC3)n2)C1. The van der Waals surface area contributed by atoms with E-state index in [0.717, 1.165) is 0 Å². The van der Waals surface area contributed by atoms with E-state index in [-0.39, 0.29) is 36.8 Å². The lowest BCUT2D eigenvalue weighted by molar-refractivity contribution is -0.0902. The Morgan fingerprint density at radius 3 is 2.57 bits per heavy atom. The molecule has 0 bridgehead atoms. The fourth-order valence-corrected chi connectivity index (χ4v) is 3.63. The van der Waals surface area contributed by atoms with Crippen molar-refractivity contribution in [3.8, 4) is 11.7 Å². The fourth-order valence-electron chi connectivity index (χ4n) is 3.63. The maximum Gasteiger partial charge on any atom is 0.248 e. The summed E-state index contributed by atoms with van der Waals surface area (Å²) in [5.74, 6) is -2.51. The minimum Gasteiger partial charge on any atom is -0.474 e. The number of nitrogens with zero attached hydrogens (tertiary/aromatic N) is 4. The highest BCUT2D eigenvalue weighted by molar-refractivity contribution is 5.38. The number of ether oxygens (including phenoxy) is 1. The van der Waals surface area contributed by atoms with Crippen LogP contribution in [0.3, 0.4) is 0 Å². The highest BCUT2D eigenvalue weighted by Gasteiger charge is 2.40. The Morgan fingerprint density at radius 2 is 1.96 bits per heavy atom. The molecule has 0 saturated heterocycles. The van der Waals surface area contributed by atoms with E-state index >= 15 is 0 Å². The predicted octanol–water partition coefficient (Wildman–Crippen LogP) is 3.08. The van der Waals surface area contributed by atoms with Crippen molar-refractivity contribution in [2.75, 3.05) is 5.32 Å². The maximum absolute atomic E-state index is 13.4. The van der Waals surface area contributed by atoms with Crippen molar-refractivity contribution in [1.82, 2.24) is 19.7 Å². The van der Waals surface area contributed by atoms with Gasteiger partial charge in [-0.25, -0.2) is 13.5 Å². The number of aliphatic hydroxyl groups is 1. The van der Waals surface area contributed by atoms with Crippen LogP contribution in [0.2, 0.25) is 0 Å². The average molecular weight is 397 g/mol. The van der Waals surface area contributed by atoms with Crippen molar-refractivity contribution in [3.05, 3.63) is 24.3 Å². The van der Waals surface area contributed by atoms with Crippen LogP contribution in [0, 0.1) is 5.95 Å². The molecule has 2 heterocycles. The Labute approximate surface area is 159 Å². The standard InChI is InChI=1S/C18H22F3N5O2/c1-17(27)9-12(10-17)28-15-8-14(26-7-4-13(19)25-26)23-16(24-15)22-11-2-5-18(20,21)6-3-11/h4,7-8,11-12,27H,2-3,5-6,9-10H2,1H3,(H,22,23,24). The van der Waals surface area contributed by atoms with Crippen LogP contribution in [0.4, 0.5) is 19.1 Å². The quantitative estimate of drug-likeness (QED) is 0.807. The summed E-state index contributed by atoms with van der Waals surface area (Å²) in [7, 11) is 0. The third-order valence-electron chi connectivity index (χ3n) is 5.15. The van der Waals surface area contributed by atoms with Gasteiger partial charge in [0.2, 0.25) is 23.7 Å². The number of alkyl halides is 2. The summed E-state index contributed by atoms with van der Waals surface area (Å²) in [6.45, 7) is 1.73. The van der Waals surface area contributed by atoms with Crippen LogP contribution in [0.1, 0.15) is 45.4 Å². The molecule has 2 aromatic heterocycles. The Hall–Kier alpha value is -2.36. The zero-order valence-corrected chi connectivity index (χ0v) is 15.4. The predicted molar refractivity (Wildman–Crippen MR) is 94.2 cm³/mol. The van der Waals surface area contributed by atoms with Gasteiger partial charge in [0.1, 0.15) is 6.10 Å². The minimum atomic E-state index is -2.62. The minimum absolute atomic E-state index is 0.179. The van der Waals surface area contributed by atoms with Crippen molar-refractivity contribution in [2.45, 2.75) is 69.1 Å². The van der Waals surface area contributed by atoms with Gasteiger partial charge in [-0.2, -0.15) is 14.4 Å². The van der Waals surface area contributed by atoms with E-state index in [9.17, 15) is 18.3 Å². The molecule has 0 aromatic carbocycles. The number of hydrogen-bond donors (Lipinski definition) is 2. The highest BCUT2D eigenvalue weighted by Crippen LogP contribution is 2.36. The Bertz CT molecular complexity index is 839. The molecule has 2 aliphatic rings. The molecular formula is C18H22F3N5O2. The lowest BCUT2D eigenvalue weighted by Crippen LogP contribution is -2.47. The molecule has 7 nitrogen and oxygen atoms in total. The molecule has 2 fully saturated rings. The van der Waals surface area contributed by atoms with Gasteiger partial charge in [-0.15, -0.1) is 5.10 Å². The zero-order valence-electron chi connectivity index (χ0n) is 15.4. The zero-order chi connectivity index (χ0) is 19.9. The van der Waals surface area contributed by atoms with E-state index in [0.29, 0.717) is 31.5 Å². The number of hydrogen-bond acceptors (Lipinski definition) is 6. The van der Waals surface area contributed by atoms with Gasteiger partial charge < -0.3 is 15.2 Å². The van der Waals surface area contributed by atoms with Crippen LogP contribution in [-0.4, -0.2) is 48.5 Å². The molecule has 2 aromatic rings. The summed E-state index contributed by atoms with van der Waals surface area (Å²) in [4.78, 5) is 8.64. The first-order valence-electron chi connectivity index (χ1n) is 9.32. The van der Waals surface area contributed by atoms with E-state index in [1.54, 1.807) is 6.92 Å². The summed E-state index contributed by atoms with van der Waals surface area (Å²) in [5.41, 5.74) is -0.750. The highest BCUT2D eigenvalue weighted by atomic mass is 19.3. The molecule has 0 atom stereocenters. The molecule has 4 rings (SSSR count). The van der Waals surface area contributed by atoms with Crippen LogP contribution in [0.15, 0.2) is 18.3 Å². The summed E-state index contributed by atoms with van der Waals surface area (Å²) in [6, 6.07) is 2.54. The smallest absolute Gasteiger partial charge is 0.248 e. The van der Waals surface area contributed by atoms with E-state index in [1.807, 2.05) is 0 Å². The van der Waals surface area contributed by atoms with Crippen molar-refractivity contribution in [2.24, 2.45) is 0 Å². The Balaban J connectivity index is 1.53. The van der Waals surface area contributed by atoms with Gasteiger partial charge in [0.05, 0.1) is 5.60 Å². The van der Waals surface area contributed by atoms with Crippen molar-refractivity contribution >= 4 is 5.95 Å². The van der Waals surface area contributed by atoms with Gasteiger partial charge in [-0.3, -0.25) is 0 Å². The van der Waals surface area contributed by atoms with Crippen LogP contribution in [0.25, 0.3) is 5.82 Å². The normalized spacial score (nSPS) is 27.2. The van der Waals surface area contributed by atoms with Gasteiger partial charge in [-0.05, 0) is 19.8 Å². The van der Waals surface area contributed by atoms with E-state index in [2.05, 4.69) is 20.4 Å². The van der Waals surface area contributed by atoms with Crippen LogP contribution in [-0.2, 0) is 0 Å². The molecule has 152 valence electrons. The number of nitrogens with one attached hydrogen (secondary N) is 1.